The Balaban J connectivity index is 1.64. The van der Waals surface area contributed by atoms with Crippen molar-refractivity contribution < 1.29 is 8.42 Å². The number of likely N-dealkylation sites (N-methyl/N-ethyl adjacent to an activating group) is 1. The van der Waals surface area contributed by atoms with Gasteiger partial charge in [-0.2, -0.15) is 22.3 Å². The Bertz CT molecular complexity index is 763. The molecule has 0 spiro atoms. The highest BCUT2D eigenvalue weighted by molar-refractivity contribution is 9.10. The molecule has 0 bridgehead atoms. The highest BCUT2D eigenvalue weighted by Crippen LogP contribution is 2.28. The number of benzene rings is 1. The lowest BCUT2D eigenvalue weighted by Gasteiger charge is -2.39. The van der Waals surface area contributed by atoms with Crippen LogP contribution in [0.2, 0.25) is 0 Å². The summed E-state index contributed by atoms with van der Waals surface area (Å²) >= 11 is 3.51. The van der Waals surface area contributed by atoms with E-state index in [1.54, 1.807) is 20.7 Å². The van der Waals surface area contributed by atoms with E-state index < -0.39 is 10.2 Å². The molecule has 2 aliphatic heterocycles. The molecule has 0 unspecified atom stereocenters. The zero-order valence-electron chi connectivity index (χ0n) is 14.2. The molecule has 2 fully saturated rings. The molecule has 9 heteroatoms. The first-order valence-electron chi connectivity index (χ1n) is 8.30. The summed E-state index contributed by atoms with van der Waals surface area (Å²) in [5.41, 5.74) is 1.60. The summed E-state index contributed by atoms with van der Waals surface area (Å²) in [6.45, 7) is 4.88. The summed E-state index contributed by atoms with van der Waals surface area (Å²) in [7, 11) is -1.36. The first-order valence-corrected chi connectivity index (χ1v) is 10.5. The standard InChI is InChI=1S/C16H22BrN5O2S/c1-19-4-8-21(9-5-19)25(23,24)22-10-6-20(7-11-22)16-3-2-14(13-18)12-15(16)17/h2-3,12H,4-11H2,1H3. The molecular formula is C16H22BrN5O2S. The highest BCUT2D eigenvalue weighted by Gasteiger charge is 2.34. The van der Waals surface area contributed by atoms with Crippen molar-refractivity contribution >= 4 is 31.8 Å². The number of hydrogen-bond acceptors (Lipinski definition) is 5. The lowest BCUT2D eigenvalue weighted by molar-refractivity contribution is 0.210. The summed E-state index contributed by atoms with van der Waals surface area (Å²) in [5, 5.41) is 8.96. The largest absolute Gasteiger partial charge is 0.368 e. The van der Waals surface area contributed by atoms with Gasteiger partial charge in [0.1, 0.15) is 0 Å². The lowest BCUT2D eigenvalue weighted by atomic mass is 10.2. The topological polar surface area (TPSA) is 70.9 Å². The van der Waals surface area contributed by atoms with Crippen LogP contribution in [0.5, 0.6) is 0 Å². The molecule has 2 aliphatic rings. The van der Waals surface area contributed by atoms with Crippen molar-refractivity contribution in [2.24, 2.45) is 0 Å². The molecule has 3 rings (SSSR count). The quantitative estimate of drug-likeness (QED) is 0.717. The van der Waals surface area contributed by atoms with Crippen LogP contribution in [0.4, 0.5) is 5.69 Å². The summed E-state index contributed by atoms with van der Waals surface area (Å²) < 4.78 is 29.7. The fourth-order valence-electron chi connectivity index (χ4n) is 3.17. The molecule has 0 aromatic heterocycles. The second-order valence-electron chi connectivity index (χ2n) is 6.37. The van der Waals surface area contributed by atoms with E-state index in [-0.39, 0.29) is 0 Å². The minimum atomic E-state index is -3.38. The Morgan fingerprint density at radius 1 is 1.00 bits per heavy atom. The van der Waals surface area contributed by atoms with E-state index >= 15 is 0 Å². The summed E-state index contributed by atoms with van der Waals surface area (Å²) in [6, 6.07) is 7.61. The van der Waals surface area contributed by atoms with Crippen molar-refractivity contribution in [3.63, 3.8) is 0 Å². The minimum Gasteiger partial charge on any atom is -0.368 e. The second-order valence-corrected chi connectivity index (χ2v) is 9.16. The Kier molecular flexibility index (Phi) is 5.65. The molecule has 25 heavy (non-hydrogen) atoms. The van der Waals surface area contributed by atoms with Gasteiger partial charge in [-0.1, -0.05) is 0 Å². The van der Waals surface area contributed by atoms with Crippen LogP contribution >= 0.6 is 15.9 Å². The average Bonchev–Trinajstić information content (AvgIpc) is 2.62. The minimum absolute atomic E-state index is 0.473. The predicted molar refractivity (Wildman–Crippen MR) is 101 cm³/mol. The van der Waals surface area contributed by atoms with Gasteiger partial charge in [0.15, 0.2) is 0 Å². The monoisotopic (exact) mass is 427 g/mol. The summed E-state index contributed by atoms with van der Waals surface area (Å²) in [6.07, 6.45) is 0. The maximum atomic E-state index is 12.8. The van der Waals surface area contributed by atoms with Gasteiger partial charge in [-0.25, -0.2) is 0 Å². The fourth-order valence-corrected chi connectivity index (χ4v) is 5.38. The van der Waals surface area contributed by atoms with E-state index in [4.69, 9.17) is 5.26 Å². The van der Waals surface area contributed by atoms with Crippen molar-refractivity contribution in [3.05, 3.63) is 28.2 Å². The zero-order chi connectivity index (χ0) is 18.0. The maximum absolute atomic E-state index is 12.8. The molecule has 1 aromatic rings. The molecule has 2 heterocycles. The SMILES string of the molecule is CN1CCN(S(=O)(=O)N2CCN(c3ccc(C#N)cc3Br)CC2)CC1. The smallest absolute Gasteiger partial charge is 0.282 e. The van der Waals surface area contributed by atoms with Crippen molar-refractivity contribution in [3.8, 4) is 6.07 Å². The van der Waals surface area contributed by atoms with Crippen molar-refractivity contribution in [1.82, 2.24) is 13.5 Å². The number of hydrogen-bond donors (Lipinski definition) is 0. The number of anilines is 1. The first kappa shape index (κ1) is 18.6. The molecule has 136 valence electrons. The van der Waals surface area contributed by atoms with Crippen LogP contribution in [-0.4, -0.2) is 81.3 Å². The normalized spacial score (nSPS) is 21.2. The van der Waals surface area contributed by atoms with Gasteiger partial charge in [-0.15, -0.1) is 0 Å². The molecule has 0 amide bonds. The van der Waals surface area contributed by atoms with Gasteiger partial charge in [-0.3, -0.25) is 0 Å². The van der Waals surface area contributed by atoms with E-state index in [2.05, 4.69) is 31.8 Å². The third-order valence-electron chi connectivity index (χ3n) is 4.77. The molecule has 7 nitrogen and oxygen atoms in total. The molecule has 1 aromatic carbocycles. The molecular weight excluding hydrogens is 406 g/mol. The summed E-state index contributed by atoms with van der Waals surface area (Å²) in [5.74, 6) is 0. The van der Waals surface area contributed by atoms with Gasteiger partial charge in [0.25, 0.3) is 10.2 Å². The Hall–Kier alpha value is -1.18. The molecule has 0 N–H and O–H groups in total. The zero-order valence-corrected chi connectivity index (χ0v) is 16.6. The van der Waals surface area contributed by atoms with Crippen molar-refractivity contribution in [2.45, 2.75) is 0 Å². The number of nitrogens with zero attached hydrogens (tertiary/aromatic N) is 5. The highest BCUT2D eigenvalue weighted by atomic mass is 79.9. The lowest BCUT2D eigenvalue weighted by Crippen LogP contribution is -2.56. The second kappa shape index (κ2) is 7.60. The van der Waals surface area contributed by atoms with E-state index in [0.717, 1.165) is 23.2 Å². The molecule has 0 radical (unpaired) electrons. The Morgan fingerprint density at radius 2 is 1.56 bits per heavy atom. The number of rotatable bonds is 3. The van der Waals surface area contributed by atoms with Gasteiger partial charge in [0, 0.05) is 56.8 Å². The van der Waals surface area contributed by atoms with Crippen LogP contribution in [0, 0.1) is 11.3 Å². The number of piperazine rings is 2. The van der Waals surface area contributed by atoms with Crippen LogP contribution in [-0.2, 0) is 10.2 Å². The first-order chi connectivity index (χ1) is 11.9. The molecule has 0 atom stereocenters. The van der Waals surface area contributed by atoms with Gasteiger partial charge in [0.2, 0.25) is 0 Å². The van der Waals surface area contributed by atoms with Crippen LogP contribution in [0.1, 0.15) is 5.56 Å². The molecule has 2 saturated heterocycles. The maximum Gasteiger partial charge on any atom is 0.282 e. The summed E-state index contributed by atoms with van der Waals surface area (Å²) in [4.78, 5) is 4.30. The van der Waals surface area contributed by atoms with Gasteiger partial charge < -0.3 is 9.80 Å². The van der Waals surface area contributed by atoms with E-state index in [1.807, 2.05) is 13.1 Å². The fraction of sp³-hybridized carbons (Fsp3) is 0.562. The molecule has 0 aliphatic carbocycles. The van der Waals surface area contributed by atoms with Crippen molar-refractivity contribution in [1.29, 1.82) is 5.26 Å². The van der Waals surface area contributed by atoms with Crippen LogP contribution in [0.3, 0.4) is 0 Å². The Morgan fingerprint density at radius 3 is 2.08 bits per heavy atom. The average molecular weight is 428 g/mol. The molecule has 0 saturated carbocycles. The Labute approximate surface area is 157 Å². The van der Waals surface area contributed by atoms with E-state index in [1.165, 1.54) is 0 Å². The number of halogens is 1. The van der Waals surface area contributed by atoms with Crippen LogP contribution < -0.4 is 4.90 Å². The third kappa shape index (κ3) is 3.99. The number of nitriles is 1. The van der Waals surface area contributed by atoms with Gasteiger partial charge >= 0.3 is 0 Å². The predicted octanol–water partition coefficient (Wildman–Crippen LogP) is 0.935. The van der Waals surface area contributed by atoms with Gasteiger partial charge in [-0.05, 0) is 41.2 Å². The van der Waals surface area contributed by atoms with Gasteiger partial charge in [0.05, 0.1) is 17.3 Å². The van der Waals surface area contributed by atoms with E-state index in [0.29, 0.717) is 44.8 Å². The van der Waals surface area contributed by atoms with Crippen LogP contribution in [0.15, 0.2) is 22.7 Å². The van der Waals surface area contributed by atoms with E-state index in [9.17, 15) is 8.42 Å². The van der Waals surface area contributed by atoms with Crippen molar-refractivity contribution in [2.75, 3.05) is 64.3 Å². The van der Waals surface area contributed by atoms with Crippen LogP contribution in [0.25, 0.3) is 0 Å². The third-order valence-corrected chi connectivity index (χ3v) is 7.44.